The zero-order valence-corrected chi connectivity index (χ0v) is 13.1. The molecule has 5 nitrogen and oxygen atoms in total. The Kier molecular flexibility index (Phi) is 4.19. The minimum Gasteiger partial charge on any atom is -0.494 e. The molecule has 3 rings (SSSR count). The molecule has 2 fully saturated rings. The van der Waals surface area contributed by atoms with Crippen LogP contribution in [0.1, 0.15) is 19.8 Å². The fraction of sp³-hybridized carbons (Fsp3) is 0.600. The molecule has 0 bridgehead atoms. The summed E-state index contributed by atoms with van der Waals surface area (Å²) in [5, 5.41) is 3.32. The predicted molar refractivity (Wildman–Crippen MR) is 80.9 cm³/mol. The Morgan fingerprint density at radius 2 is 2.05 bits per heavy atom. The Hall–Kier alpha value is -1.11. The highest BCUT2D eigenvalue weighted by Gasteiger charge is 2.41. The molecule has 0 aromatic heterocycles. The smallest absolute Gasteiger partial charge is 0.243 e. The Morgan fingerprint density at radius 1 is 1.29 bits per heavy atom. The molecule has 1 aromatic rings. The zero-order valence-electron chi connectivity index (χ0n) is 12.3. The Bertz CT molecular complexity index is 585. The van der Waals surface area contributed by atoms with E-state index in [-0.39, 0.29) is 6.04 Å². The molecule has 2 heterocycles. The summed E-state index contributed by atoms with van der Waals surface area (Å²) < 4.78 is 32.8. The van der Waals surface area contributed by atoms with Gasteiger partial charge in [-0.2, -0.15) is 4.31 Å². The lowest BCUT2D eigenvalue weighted by Crippen LogP contribution is -2.48. The van der Waals surface area contributed by atoms with Gasteiger partial charge in [-0.3, -0.25) is 0 Å². The molecule has 2 saturated heterocycles. The first-order valence-electron chi connectivity index (χ1n) is 7.58. The van der Waals surface area contributed by atoms with Crippen LogP contribution in [0.2, 0.25) is 0 Å². The largest absolute Gasteiger partial charge is 0.494 e. The molecular weight excluding hydrogens is 288 g/mol. The maximum Gasteiger partial charge on any atom is 0.243 e. The van der Waals surface area contributed by atoms with Crippen molar-refractivity contribution in [2.45, 2.75) is 30.7 Å². The summed E-state index contributed by atoms with van der Waals surface area (Å²) in [5.74, 6) is 1.16. The van der Waals surface area contributed by atoms with E-state index in [0.717, 1.165) is 25.9 Å². The summed E-state index contributed by atoms with van der Waals surface area (Å²) >= 11 is 0. The molecule has 0 aliphatic carbocycles. The van der Waals surface area contributed by atoms with E-state index in [1.54, 1.807) is 28.6 Å². The number of sulfonamides is 1. The third-order valence-corrected chi connectivity index (χ3v) is 6.31. The molecule has 1 aromatic carbocycles. The molecule has 2 aliphatic heterocycles. The van der Waals surface area contributed by atoms with Crippen molar-refractivity contribution >= 4 is 10.0 Å². The summed E-state index contributed by atoms with van der Waals surface area (Å²) in [6.45, 7) is 4.80. The number of nitrogens with zero attached hydrogens (tertiary/aromatic N) is 1. The minimum atomic E-state index is -3.41. The first kappa shape index (κ1) is 14.8. The summed E-state index contributed by atoms with van der Waals surface area (Å²) in [6, 6.07) is 6.85. The average Bonchev–Trinajstić information content (AvgIpc) is 2.96. The van der Waals surface area contributed by atoms with Gasteiger partial charge in [0.15, 0.2) is 0 Å². The van der Waals surface area contributed by atoms with Gasteiger partial charge >= 0.3 is 0 Å². The first-order chi connectivity index (χ1) is 10.1. The second kappa shape index (κ2) is 5.94. The van der Waals surface area contributed by atoms with Crippen LogP contribution in [0.15, 0.2) is 29.2 Å². The van der Waals surface area contributed by atoms with Gasteiger partial charge < -0.3 is 10.1 Å². The number of nitrogens with one attached hydrogen (secondary N) is 1. The van der Waals surface area contributed by atoms with Crippen molar-refractivity contribution in [1.29, 1.82) is 0 Å². The van der Waals surface area contributed by atoms with Crippen LogP contribution in [0.5, 0.6) is 5.75 Å². The maximum atomic E-state index is 12.9. The van der Waals surface area contributed by atoms with Gasteiger partial charge in [-0.15, -0.1) is 0 Å². The van der Waals surface area contributed by atoms with Gasteiger partial charge in [0.1, 0.15) is 5.75 Å². The van der Waals surface area contributed by atoms with Gasteiger partial charge in [0.25, 0.3) is 0 Å². The number of benzene rings is 1. The fourth-order valence-corrected chi connectivity index (χ4v) is 5.06. The van der Waals surface area contributed by atoms with E-state index in [0.29, 0.717) is 29.7 Å². The van der Waals surface area contributed by atoms with Crippen LogP contribution in [-0.4, -0.2) is 45.0 Å². The number of piperidine rings is 1. The van der Waals surface area contributed by atoms with E-state index in [4.69, 9.17) is 4.74 Å². The third kappa shape index (κ3) is 2.80. The molecule has 0 unspecified atom stereocenters. The monoisotopic (exact) mass is 310 g/mol. The van der Waals surface area contributed by atoms with Gasteiger partial charge in [0, 0.05) is 19.1 Å². The van der Waals surface area contributed by atoms with Crippen LogP contribution in [0, 0.1) is 5.92 Å². The Morgan fingerprint density at radius 3 is 2.76 bits per heavy atom. The molecule has 0 spiro atoms. The summed E-state index contributed by atoms with van der Waals surface area (Å²) in [5.41, 5.74) is 0. The third-order valence-electron chi connectivity index (χ3n) is 4.37. The van der Waals surface area contributed by atoms with E-state index < -0.39 is 10.0 Å². The number of rotatable bonds is 4. The van der Waals surface area contributed by atoms with Crippen molar-refractivity contribution in [2.75, 3.05) is 26.2 Å². The molecule has 116 valence electrons. The lowest BCUT2D eigenvalue weighted by molar-refractivity contribution is 0.217. The van der Waals surface area contributed by atoms with Crippen molar-refractivity contribution in [3.8, 4) is 5.75 Å². The highest BCUT2D eigenvalue weighted by molar-refractivity contribution is 7.89. The van der Waals surface area contributed by atoms with E-state index in [9.17, 15) is 8.42 Å². The van der Waals surface area contributed by atoms with Gasteiger partial charge in [-0.1, -0.05) is 0 Å². The van der Waals surface area contributed by atoms with Crippen LogP contribution in [-0.2, 0) is 10.0 Å². The summed E-state index contributed by atoms with van der Waals surface area (Å²) in [6.07, 6.45) is 2.06. The average molecular weight is 310 g/mol. The van der Waals surface area contributed by atoms with Crippen LogP contribution < -0.4 is 10.1 Å². The highest BCUT2D eigenvalue weighted by atomic mass is 32.2. The first-order valence-corrected chi connectivity index (χ1v) is 9.02. The molecule has 21 heavy (non-hydrogen) atoms. The number of ether oxygens (including phenoxy) is 1. The lowest BCUT2D eigenvalue weighted by Gasteiger charge is -2.35. The van der Waals surface area contributed by atoms with Crippen molar-refractivity contribution in [1.82, 2.24) is 9.62 Å². The van der Waals surface area contributed by atoms with Gasteiger partial charge in [-0.25, -0.2) is 8.42 Å². The zero-order chi connectivity index (χ0) is 14.9. The predicted octanol–water partition coefficient (Wildman–Crippen LogP) is 1.46. The molecular formula is C15H22N2O3S. The van der Waals surface area contributed by atoms with E-state index in [1.165, 1.54) is 0 Å². The fourth-order valence-electron chi connectivity index (χ4n) is 3.33. The van der Waals surface area contributed by atoms with Gasteiger partial charge in [-0.05, 0) is 56.5 Å². The van der Waals surface area contributed by atoms with Crippen molar-refractivity contribution in [3.05, 3.63) is 24.3 Å². The number of hydrogen-bond acceptors (Lipinski definition) is 4. The van der Waals surface area contributed by atoms with Crippen molar-refractivity contribution < 1.29 is 13.2 Å². The van der Waals surface area contributed by atoms with E-state index in [2.05, 4.69) is 5.32 Å². The summed E-state index contributed by atoms with van der Waals surface area (Å²) in [4.78, 5) is 0.360. The Balaban J connectivity index is 1.85. The summed E-state index contributed by atoms with van der Waals surface area (Å²) in [7, 11) is -3.41. The molecule has 6 heteroatoms. The standard InChI is InChI=1S/C15H22N2O3S/c1-2-20-13-5-7-14(8-6-13)21(18,19)17-9-3-4-12-10-16-11-15(12)17/h5-8,12,15-16H,2-4,9-11H2,1H3/t12-,15+/m0/s1. The van der Waals surface area contributed by atoms with Crippen LogP contribution in [0.3, 0.4) is 0 Å². The van der Waals surface area contributed by atoms with Gasteiger partial charge in [0.2, 0.25) is 10.0 Å². The second-order valence-corrected chi connectivity index (χ2v) is 7.54. The Labute approximate surface area is 126 Å². The second-order valence-electron chi connectivity index (χ2n) is 5.65. The van der Waals surface area contributed by atoms with Gasteiger partial charge in [0.05, 0.1) is 11.5 Å². The van der Waals surface area contributed by atoms with E-state index in [1.807, 2.05) is 6.92 Å². The molecule has 0 saturated carbocycles. The van der Waals surface area contributed by atoms with Crippen LogP contribution >= 0.6 is 0 Å². The van der Waals surface area contributed by atoms with E-state index >= 15 is 0 Å². The molecule has 0 amide bonds. The van der Waals surface area contributed by atoms with Crippen LogP contribution in [0.25, 0.3) is 0 Å². The van der Waals surface area contributed by atoms with Crippen molar-refractivity contribution in [3.63, 3.8) is 0 Å². The number of fused-ring (bicyclic) bond motifs is 1. The molecule has 2 atom stereocenters. The van der Waals surface area contributed by atoms with Crippen LogP contribution in [0.4, 0.5) is 0 Å². The molecule has 2 aliphatic rings. The SMILES string of the molecule is CCOc1ccc(S(=O)(=O)N2CCC[C@H]3CNC[C@H]32)cc1. The quantitative estimate of drug-likeness (QED) is 0.915. The highest BCUT2D eigenvalue weighted by Crippen LogP contribution is 2.31. The molecule has 0 radical (unpaired) electrons. The maximum absolute atomic E-state index is 12.9. The van der Waals surface area contributed by atoms with Crippen molar-refractivity contribution in [2.24, 2.45) is 5.92 Å². The topological polar surface area (TPSA) is 58.6 Å². The molecule has 1 N–H and O–H groups in total. The lowest BCUT2D eigenvalue weighted by atomic mass is 9.94. The number of hydrogen-bond donors (Lipinski definition) is 1. The normalized spacial score (nSPS) is 26.5. The minimum absolute atomic E-state index is 0.107.